The van der Waals surface area contributed by atoms with Crippen molar-refractivity contribution in [3.8, 4) is 0 Å². The molecule has 2 aromatic carbocycles. The van der Waals surface area contributed by atoms with Gasteiger partial charge in [-0.1, -0.05) is 22.0 Å². The highest BCUT2D eigenvalue weighted by atomic mass is 79.9. The molecule has 0 aliphatic heterocycles. The van der Waals surface area contributed by atoms with Crippen LogP contribution in [0.15, 0.2) is 57.3 Å². The molecule has 0 spiro atoms. The van der Waals surface area contributed by atoms with E-state index in [-0.39, 0.29) is 4.90 Å². The number of benzene rings is 2. The van der Waals surface area contributed by atoms with Crippen molar-refractivity contribution in [3.05, 3.63) is 52.4 Å². The number of thiazole rings is 1. The number of aromatic nitrogens is 1. The molecule has 0 aliphatic rings. The van der Waals surface area contributed by atoms with E-state index >= 15 is 0 Å². The van der Waals surface area contributed by atoms with E-state index in [2.05, 4.69) is 25.6 Å². The summed E-state index contributed by atoms with van der Waals surface area (Å²) in [7, 11) is -3.58. The Morgan fingerprint density at radius 3 is 2.80 bits per heavy atom. The number of hydrogen-bond acceptors (Lipinski definition) is 4. The van der Waals surface area contributed by atoms with Crippen molar-refractivity contribution in [1.82, 2.24) is 4.98 Å². The van der Waals surface area contributed by atoms with Gasteiger partial charge >= 0.3 is 0 Å². The second kappa shape index (κ2) is 5.16. The number of sulfonamides is 1. The molecule has 0 saturated heterocycles. The summed E-state index contributed by atoms with van der Waals surface area (Å²) >= 11 is 4.74. The third kappa shape index (κ3) is 2.70. The second-order valence-corrected chi connectivity index (χ2v) is 7.58. The van der Waals surface area contributed by atoms with Crippen LogP contribution in [0.25, 0.3) is 10.2 Å². The lowest BCUT2D eigenvalue weighted by molar-refractivity contribution is 0.601. The quantitative estimate of drug-likeness (QED) is 0.763. The average Bonchev–Trinajstić information content (AvgIpc) is 2.85. The van der Waals surface area contributed by atoms with Crippen molar-refractivity contribution in [2.24, 2.45) is 0 Å². The number of anilines is 1. The fourth-order valence-electron chi connectivity index (χ4n) is 1.77. The van der Waals surface area contributed by atoms with Crippen LogP contribution in [0.5, 0.6) is 0 Å². The minimum Gasteiger partial charge on any atom is -0.280 e. The van der Waals surface area contributed by atoms with Gasteiger partial charge in [0.25, 0.3) is 10.0 Å². The normalized spacial score (nSPS) is 11.7. The Kier molecular flexibility index (Phi) is 3.49. The van der Waals surface area contributed by atoms with Crippen LogP contribution in [0.4, 0.5) is 5.69 Å². The first kappa shape index (κ1) is 13.5. The van der Waals surface area contributed by atoms with Gasteiger partial charge in [0, 0.05) is 4.47 Å². The van der Waals surface area contributed by atoms with Gasteiger partial charge in [0.2, 0.25) is 0 Å². The van der Waals surface area contributed by atoms with Crippen molar-refractivity contribution in [3.63, 3.8) is 0 Å². The molecule has 1 aromatic heterocycles. The molecular weight excluding hydrogens is 360 g/mol. The lowest BCUT2D eigenvalue weighted by Crippen LogP contribution is -2.12. The predicted molar refractivity (Wildman–Crippen MR) is 84.6 cm³/mol. The molecule has 102 valence electrons. The topological polar surface area (TPSA) is 59.1 Å². The molecule has 1 heterocycles. The van der Waals surface area contributed by atoms with E-state index < -0.39 is 10.0 Å². The largest absolute Gasteiger partial charge is 0.280 e. The highest BCUT2D eigenvalue weighted by Gasteiger charge is 2.14. The van der Waals surface area contributed by atoms with Gasteiger partial charge < -0.3 is 0 Å². The standard InChI is InChI=1S/C13H9BrN2O2S2/c14-9-2-1-3-11(6-9)20(17,18)16-10-4-5-12-13(7-10)19-8-15-12/h1-8,16H. The number of fused-ring (bicyclic) bond motifs is 1. The molecule has 0 fully saturated rings. The molecule has 0 bridgehead atoms. The molecule has 3 rings (SSSR count). The maximum Gasteiger partial charge on any atom is 0.261 e. The van der Waals surface area contributed by atoms with E-state index in [0.717, 1.165) is 14.7 Å². The lowest BCUT2D eigenvalue weighted by Gasteiger charge is -2.08. The van der Waals surface area contributed by atoms with E-state index in [1.807, 2.05) is 0 Å². The Hall–Kier alpha value is -1.44. The van der Waals surface area contributed by atoms with E-state index in [0.29, 0.717) is 5.69 Å². The molecule has 0 amide bonds. The third-order valence-electron chi connectivity index (χ3n) is 2.69. The summed E-state index contributed by atoms with van der Waals surface area (Å²) < 4.78 is 28.8. The van der Waals surface area contributed by atoms with E-state index in [9.17, 15) is 8.42 Å². The number of hydrogen-bond donors (Lipinski definition) is 1. The summed E-state index contributed by atoms with van der Waals surface area (Å²) in [6.07, 6.45) is 0. The minimum absolute atomic E-state index is 0.219. The van der Waals surface area contributed by atoms with Crippen molar-refractivity contribution >= 4 is 53.2 Å². The highest BCUT2D eigenvalue weighted by Crippen LogP contribution is 2.24. The van der Waals surface area contributed by atoms with E-state index in [4.69, 9.17) is 0 Å². The molecular formula is C13H9BrN2O2S2. The molecule has 0 saturated carbocycles. The van der Waals surface area contributed by atoms with Gasteiger partial charge in [-0.15, -0.1) is 11.3 Å². The summed E-state index contributed by atoms with van der Waals surface area (Å²) in [5.74, 6) is 0. The van der Waals surface area contributed by atoms with Crippen LogP contribution in [-0.4, -0.2) is 13.4 Å². The van der Waals surface area contributed by atoms with Crippen LogP contribution >= 0.6 is 27.3 Å². The Morgan fingerprint density at radius 1 is 1.15 bits per heavy atom. The van der Waals surface area contributed by atoms with Crippen molar-refractivity contribution in [1.29, 1.82) is 0 Å². The molecule has 0 atom stereocenters. The number of nitrogens with one attached hydrogen (secondary N) is 1. The fourth-order valence-corrected chi connectivity index (χ4v) is 4.13. The number of rotatable bonds is 3. The predicted octanol–water partition coefficient (Wildman–Crippen LogP) is 3.86. The third-order valence-corrected chi connectivity index (χ3v) is 5.35. The van der Waals surface area contributed by atoms with Gasteiger partial charge in [-0.05, 0) is 36.4 Å². The molecule has 7 heteroatoms. The molecule has 0 radical (unpaired) electrons. The van der Waals surface area contributed by atoms with Gasteiger partial charge in [0.1, 0.15) is 0 Å². The fraction of sp³-hybridized carbons (Fsp3) is 0. The highest BCUT2D eigenvalue weighted by molar-refractivity contribution is 9.10. The summed E-state index contributed by atoms with van der Waals surface area (Å²) in [5, 5.41) is 0. The van der Waals surface area contributed by atoms with Gasteiger partial charge in [-0.3, -0.25) is 4.72 Å². The molecule has 20 heavy (non-hydrogen) atoms. The molecule has 4 nitrogen and oxygen atoms in total. The summed E-state index contributed by atoms with van der Waals surface area (Å²) in [6.45, 7) is 0. The zero-order valence-electron chi connectivity index (χ0n) is 10.1. The van der Waals surface area contributed by atoms with Crippen LogP contribution in [0.1, 0.15) is 0 Å². The van der Waals surface area contributed by atoms with Crippen LogP contribution in [0, 0.1) is 0 Å². The lowest BCUT2D eigenvalue weighted by atomic mass is 10.3. The zero-order chi connectivity index (χ0) is 14.2. The summed E-state index contributed by atoms with van der Waals surface area (Å²) in [4.78, 5) is 4.38. The number of halogens is 1. The van der Waals surface area contributed by atoms with Crippen LogP contribution in [0.3, 0.4) is 0 Å². The number of nitrogens with zero attached hydrogens (tertiary/aromatic N) is 1. The van der Waals surface area contributed by atoms with Gasteiger partial charge in [-0.25, -0.2) is 13.4 Å². The van der Waals surface area contributed by atoms with E-state index in [1.165, 1.54) is 11.3 Å². The van der Waals surface area contributed by atoms with Crippen molar-refractivity contribution in [2.75, 3.05) is 4.72 Å². The van der Waals surface area contributed by atoms with Crippen LogP contribution in [0.2, 0.25) is 0 Å². The Labute approximate surface area is 128 Å². The summed E-state index contributed by atoms with van der Waals surface area (Å²) in [6, 6.07) is 11.9. The average molecular weight is 369 g/mol. The van der Waals surface area contributed by atoms with Gasteiger partial charge in [0.15, 0.2) is 0 Å². The minimum atomic E-state index is -3.58. The van der Waals surface area contributed by atoms with Crippen molar-refractivity contribution in [2.45, 2.75) is 4.90 Å². The smallest absolute Gasteiger partial charge is 0.261 e. The summed E-state index contributed by atoms with van der Waals surface area (Å²) in [5.41, 5.74) is 3.12. The molecule has 1 N–H and O–H groups in total. The molecule has 0 aliphatic carbocycles. The Morgan fingerprint density at radius 2 is 2.00 bits per heavy atom. The maximum atomic E-state index is 12.3. The second-order valence-electron chi connectivity index (χ2n) is 4.10. The molecule has 0 unspecified atom stereocenters. The first-order valence-electron chi connectivity index (χ1n) is 5.66. The van der Waals surface area contributed by atoms with Crippen molar-refractivity contribution < 1.29 is 8.42 Å². The van der Waals surface area contributed by atoms with Crippen LogP contribution < -0.4 is 4.72 Å². The monoisotopic (exact) mass is 368 g/mol. The Balaban J connectivity index is 1.96. The van der Waals surface area contributed by atoms with E-state index in [1.54, 1.807) is 48.0 Å². The first-order valence-corrected chi connectivity index (χ1v) is 8.82. The van der Waals surface area contributed by atoms with Crippen LogP contribution in [-0.2, 0) is 10.0 Å². The maximum absolute atomic E-state index is 12.3. The van der Waals surface area contributed by atoms with Gasteiger partial charge in [0.05, 0.1) is 26.3 Å². The SMILES string of the molecule is O=S(=O)(Nc1ccc2ncsc2c1)c1cccc(Br)c1. The Bertz CT molecular complexity index is 875. The molecule has 3 aromatic rings. The zero-order valence-corrected chi connectivity index (χ0v) is 13.3. The van der Waals surface area contributed by atoms with Gasteiger partial charge in [-0.2, -0.15) is 0 Å². The first-order chi connectivity index (χ1) is 9.54.